The van der Waals surface area contributed by atoms with E-state index in [0.29, 0.717) is 0 Å². The minimum atomic E-state index is -4.38. The van der Waals surface area contributed by atoms with Crippen LogP contribution >= 0.6 is 19.7 Å². The topological polar surface area (TPSA) is 66.8 Å². The molecular weight excluding hydrogens is 195 g/mol. The predicted octanol–water partition coefficient (Wildman–Crippen LogP) is -1.58. The van der Waals surface area contributed by atoms with Gasteiger partial charge >= 0.3 is 68.6 Å². The molecule has 0 aromatic carbocycles. The first-order valence-corrected chi connectivity index (χ1v) is 2.76. The summed E-state index contributed by atoms with van der Waals surface area (Å²) in [6.07, 6.45) is 0. The summed E-state index contributed by atoms with van der Waals surface area (Å²) in [5.74, 6) is 0. The van der Waals surface area contributed by atoms with Crippen LogP contribution in [0.15, 0.2) is 0 Å². The van der Waals surface area contributed by atoms with Crippen molar-refractivity contribution in [1.29, 1.82) is 0 Å². The molecule has 0 aromatic rings. The van der Waals surface area contributed by atoms with E-state index < -0.39 is 7.82 Å². The van der Waals surface area contributed by atoms with Gasteiger partial charge in [0.15, 0.2) is 0 Å². The number of hydrogen-bond donors (Lipinski definition) is 2. The first-order valence-electron chi connectivity index (χ1n) is 0.919. The van der Waals surface area contributed by atoms with E-state index in [1.807, 2.05) is 0 Å². The average Bonchev–Trinajstić information content (AvgIpc) is 1.35. The van der Waals surface area contributed by atoms with Gasteiger partial charge in [-0.2, -0.15) is 4.08 Å². The van der Waals surface area contributed by atoms with Crippen molar-refractivity contribution >= 4 is 80.5 Å². The number of hydrogen-bond acceptors (Lipinski definition) is 2. The van der Waals surface area contributed by atoms with Gasteiger partial charge in [-0.1, -0.05) is 0 Å². The van der Waals surface area contributed by atoms with E-state index in [-0.39, 0.29) is 60.8 Å². The monoisotopic (exact) mass is 200 g/mol. The molecule has 0 aliphatic carbocycles. The maximum atomic E-state index is 9.34. The fraction of sp³-hybridized carbons (Fsp3) is 0. The maximum Gasteiger partial charge on any atom is 0.316 e. The van der Waals surface area contributed by atoms with Gasteiger partial charge in [0.25, 0.3) is 0 Å². The van der Waals surface area contributed by atoms with Crippen molar-refractivity contribution in [2.75, 3.05) is 0 Å². The van der Waals surface area contributed by atoms with E-state index in [0.717, 1.165) is 0 Å². The molecule has 0 heterocycles. The van der Waals surface area contributed by atoms with Gasteiger partial charge in [-0.25, -0.2) is 4.57 Å². The molecule has 0 aromatic heterocycles. The van der Waals surface area contributed by atoms with Crippen LogP contribution in [0.25, 0.3) is 0 Å². The van der Waals surface area contributed by atoms with Crippen molar-refractivity contribution in [2.24, 2.45) is 0 Å². The van der Waals surface area contributed by atoms with Crippen molar-refractivity contribution in [3.63, 3.8) is 0 Å². The fourth-order valence-electron chi connectivity index (χ4n) is 0. The van der Waals surface area contributed by atoms with Crippen molar-refractivity contribution in [3.05, 3.63) is 0 Å². The fourth-order valence-corrected chi connectivity index (χ4v) is 0. The Kier molecular flexibility index (Phi) is 15.8. The zero-order valence-electron chi connectivity index (χ0n) is 2.54. The molecule has 0 bridgehead atoms. The van der Waals surface area contributed by atoms with E-state index in [1.54, 1.807) is 0 Å². The predicted molar refractivity (Wildman–Crippen MR) is 36.1 cm³/mol. The summed E-state index contributed by atoms with van der Waals surface area (Å²) in [6, 6.07) is 0. The van der Waals surface area contributed by atoms with E-state index in [2.05, 4.69) is 15.9 Å². The molecule has 0 aliphatic heterocycles. The summed E-state index contributed by atoms with van der Waals surface area (Å²) in [4.78, 5) is 15.2. The minimum absolute atomic E-state index is 0. The molecule has 0 amide bonds. The summed E-state index contributed by atoms with van der Waals surface area (Å²) in [5.41, 5.74) is 0. The second-order valence-corrected chi connectivity index (χ2v) is 2.09. The van der Waals surface area contributed by atoms with Gasteiger partial charge in [-0.3, -0.25) is 0 Å². The van der Waals surface area contributed by atoms with Crippen LogP contribution in [0.1, 0.15) is 0 Å². The summed E-state index contributed by atoms with van der Waals surface area (Å²) in [7, 11) is -4.38. The van der Waals surface area contributed by atoms with Gasteiger partial charge in [0.05, 0.1) is 11.9 Å². The van der Waals surface area contributed by atoms with Crippen LogP contribution in [0.4, 0.5) is 0 Å². The molecule has 0 fully saturated rings. The van der Waals surface area contributed by atoms with Crippen LogP contribution in [-0.4, -0.2) is 70.6 Å². The van der Waals surface area contributed by atoms with Crippen molar-refractivity contribution in [1.82, 2.24) is 0 Å². The van der Waals surface area contributed by atoms with Crippen molar-refractivity contribution < 1.29 is 18.4 Å². The normalized spacial score (nSPS) is 8.88. The van der Waals surface area contributed by atoms with Crippen LogP contribution in [0.5, 0.6) is 0 Å². The van der Waals surface area contributed by atoms with Crippen LogP contribution in [-0.2, 0) is 8.64 Å². The van der Waals surface area contributed by atoms with Gasteiger partial charge in [0, 0.05) is 0 Å². The Morgan fingerprint density at radius 3 is 1.62 bits per heavy atom. The molecule has 4 nitrogen and oxygen atoms in total. The summed E-state index contributed by atoms with van der Waals surface area (Å²) >= 11 is 4.21. The van der Waals surface area contributed by atoms with Crippen molar-refractivity contribution in [3.8, 4) is 0 Å². The molecule has 0 saturated carbocycles. The molecule has 0 atom stereocenters. The molecule has 2 N–H and O–H groups in total. The molecular formula is H6CaClMgO4P. The Labute approximate surface area is 97.5 Å². The maximum absolute atomic E-state index is 9.34. The molecule has 0 saturated heterocycles. The quantitative estimate of drug-likeness (QED) is 0.396. The average molecular weight is 201 g/mol. The van der Waals surface area contributed by atoms with Crippen LogP contribution < -0.4 is 0 Å². The smallest absolute Gasteiger partial charge is 0.316 e. The second-order valence-electron chi connectivity index (χ2n) is 0.560. The Balaban J connectivity index is -0.000000125. The van der Waals surface area contributed by atoms with Gasteiger partial charge in [0.2, 0.25) is 0 Å². The minimum Gasteiger partial charge on any atom is 0.316 e. The van der Waals surface area contributed by atoms with E-state index in [4.69, 9.17) is 9.79 Å². The number of phosphoric acid groups is 1. The third-order valence-corrected chi connectivity index (χ3v) is 0.809. The van der Waals surface area contributed by atoms with E-state index in [9.17, 15) is 4.57 Å². The largest absolute Gasteiger partial charge is 0.316 e. The van der Waals surface area contributed by atoms with Gasteiger partial charge < -0.3 is 9.79 Å². The first-order chi connectivity index (χ1) is 2.56. The summed E-state index contributed by atoms with van der Waals surface area (Å²) in [5, 5.41) is 0. The molecule has 8 heavy (non-hydrogen) atoms. The third-order valence-electron chi connectivity index (χ3n) is 0.0899. The SMILES string of the molecule is O=P(O)(O)OCl.[CaH2].[MgH2]. The molecule has 46 valence electrons. The third kappa shape index (κ3) is 15.8. The molecule has 0 spiro atoms. The molecule has 0 radical (unpaired) electrons. The second kappa shape index (κ2) is 7.53. The van der Waals surface area contributed by atoms with Gasteiger partial charge in [0.1, 0.15) is 0 Å². The summed E-state index contributed by atoms with van der Waals surface area (Å²) < 4.78 is 12.4. The molecule has 0 aliphatic rings. The van der Waals surface area contributed by atoms with E-state index >= 15 is 0 Å². The Morgan fingerprint density at radius 2 is 1.62 bits per heavy atom. The Hall–Kier alpha value is 2.43. The van der Waals surface area contributed by atoms with Gasteiger partial charge in [-0.05, 0) is 0 Å². The molecule has 8 heteroatoms. The zero-order valence-corrected chi connectivity index (χ0v) is 4.19. The Morgan fingerprint density at radius 1 is 1.50 bits per heavy atom. The molecule has 0 rings (SSSR count). The summed E-state index contributed by atoms with van der Waals surface area (Å²) in [6.45, 7) is 0. The van der Waals surface area contributed by atoms with Crippen LogP contribution in [0, 0.1) is 0 Å². The van der Waals surface area contributed by atoms with Crippen LogP contribution in [0.3, 0.4) is 0 Å². The number of halogens is 1. The number of rotatable bonds is 1. The molecule has 0 unspecified atom stereocenters. The zero-order chi connectivity index (χ0) is 5.21. The Bertz CT molecular complexity index is 80.1. The van der Waals surface area contributed by atoms with Gasteiger partial charge in [-0.15, -0.1) is 0 Å². The standard InChI is InChI=1S/Ca.ClH2O4P.Mg.4H/c;1-5-6(2,3)4;;;;;/h;(H2,2,3,4);;;;;. The van der Waals surface area contributed by atoms with E-state index in [1.165, 1.54) is 0 Å². The van der Waals surface area contributed by atoms with Crippen molar-refractivity contribution in [2.45, 2.75) is 0 Å². The first kappa shape index (κ1) is 16.8. The van der Waals surface area contributed by atoms with Crippen LogP contribution in [0.2, 0.25) is 0 Å².